The van der Waals surface area contributed by atoms with Gasteiger partial charge in [0.05, 0.1) is 12.7 Å². The third-order valence-electron chi connectivity index (χ3n) is 4.41. The largest absolute Gasteiger partial charge is 0.396 e. The lowest BCUT2D eigenvalue weighted by atomic mass is 9.74. The Hall–Kier alpha value is -1.40. The molecule has 0 bridgehead atoms. The third-order valence-corrected chi connectivity index (χ3v) is 4.41. The molecule has 6 heteroatoms. The van der Waals surface area contributed by atoms with Crippen LogP contribution in [0.5, 0.6) is 0 Å². The minimum absolute atomic E-state index is 0.0614. The SMILES string of the molecule is CCC[C@@]1(CO)CN(C(=O)CCn2cccn2)CC[C@@H]1O. The molecule has 1 aliphatic heterocycles. The Labute approximate surface area is 125 Å². The maximum atomic E-state index is 12.3. The van der Waals surface area contributed by atoms with Gasteiger partial charge in [-0.05, 0) is 18.9 Å². The van der Waals surface area contributed by atoms with Crippen LogP contribution in [0.4, 0.5) is 0 Å². The van der Waals surface area contributed by atoms with Gasteiger partial charge in [0.1, 0.15) is 0 Å². The van der Waals surface area contributed by atoms with Crippen molar-refractivity contribution in [2.75, 3.05) is 19.7 Å². The second-order valence-corrected chi connectivity index (χ2v) is 5.91. The molecule has 1 aromatic rings. The van der Waals surface area contributed by atoms with Crippen molar-refractivity contribution in [3.63, 3.8) is 0 Å². The van der Waals surface area contributed by atoms with Gasteiger partial charge in [0.25, 0.3) is 0 Å². The second kappa shape index (κ2) is 7.04. The maximum Gasteiger partial charge on any atom is 0.224 e. The van der Waals surface area contributed by atoms with Crippen LogP contribution in [0.25, 0.3) is 0 Å². The van der Waals surface area contributed by atoms with Crippen LogP contribution in [0.2, 0.25) is 0 Å². The van der Waals surface area contributed by atoms with E-state index >= 15 is 0 Å². The molecule has 1 aliphatic rings. The lowest BCUT2D eigenvalue weighted by Gasteiger charge is -2.45. The number of hydrogen-bond donors (Lipinski definition) is 2. The quantitative estimate of drug-likeness (QED) is 0.807. The van der Waals surface area contributed by atoms with E-state index in [0.29, 0.717) is 32.5 Å². The van der Waals surface area contributed by atoms with E-state index < -0.39 is 11.5 Å². The van der Waals surface area contributed by atoms with Crippen LogP contribution < -0.4 is 0 Å². The molecular weight excluding hydrogens is 270 g/mol. The van der Waals surface area contributed by atoms with E-state index in [1.165, 1.54) is 0 Å². The molecule has 1 saturated heterocycles. The Morgan fingerprint density at radius 1 is 1.52 bits per heavy atom. The van der Waals surface area contributed by atoms with Gasteiger partial charge in [-0.2, -0.15) is 5.10 Å². The predicted molar refractivity (Wildman–Crippen MR) is 78.5 cm³/mol. The number of aliphatic hydroxyl groups excluding tert-OH is 2. The molecule has 0 aliphatic carbocycles. The number of aromatic nitrogens is 2. The summed E-state index contributed by atoms with van der Waals surface area (Å²) in [4.78, 5) is 14.1. The van der Waals surface area contributed by atoms with Crippen molar-refractivity contribution in [3.8, 4) is 0 Å². The highest BCUT2D eigenvalue weighted by molar-refractivity contribution is 5.76. The fourth-order valence-corrected chi connectivity index (χ4v) is 3.14. The van der Waals surface area contributed by atoms with E-state index in [2.05, 4.69) is 5.10 Å². The first-order chi connectivity index (χ1) is 10.1. The molecule has 1 aromatic heterocycles. The summed E-state index contributed by atoms with van der Waals surface area (Å²) in [5.41, 5.74) is -0.561. The summed E-state index contributed by atoms with van der Waals surface area (Å²) >= 11 is 0. The lowest BCUT2D eigenvalue weighted by molar-refractivity contribution is -0.142. The van der Waals surface area contributed by atoms with Crippen LogP contribution in [0.3, 0.4) is 0 Å². The number of amides is 1. The highest BCUT2D eigenvalue weighted by atomic mass is 16.3. The molecule has 0 unspecified atom stereocenters. The molecule has 2 atom stereocenters. The summed E-state index contributed by atoms with van der Waals surface area (Å²) in [6, 6.07) is 1.83. The van der Waals surface area contributed by atoms with Crippen molar-refractivity contribution in [1.82, 2.24) is 14.7 Å². The van der Waals surface area contributed by atoms with Gasteiger partial charge in [0, 0.05) is 43.9 Å². The summed E-state index contributed by atoms with van der Waals surface area (Å²) in [7, 11) is 0. The Morgan fingerprint density at radius 2 is 2.33 bits per heavy atom. The number of aryl methyl sites for hydroxylation is 1. The van der Waals surface area contributed by atoms with E-state index in [9.17, 15) is 15.0 Å². The van der Waals surface area contributed by atoms with Crippen molar-refractivity contribution in [1.29, 1.82) is 0 Å². The molecule has 0 aromatic carbocycles. The van der Waals surface area contributed by atoms with E-state index in [4.69, 9.17) is 0 Å². The van der Waals surface area contributed by atoms with Gasteiger partial charge in [-0.25, -0.2) is 0 Å². The van der Waals surface area contributed by atoms with Crippen LogP contribution in [0.1, 0.15) is 32.6 Å². The second-order valence-electron chi connectivity index (χ2n) is 5.91. The highest BCUT2D eigenvalue weighted by Crippen LogP contribution is 2.34. The Morgan fingerprint density at radius 3 is 2.95 bits per heavy atom. The third kappa shape index (κ3) is 3.63. The molecular formula is C15H25N3O3. The first kappa shape index (κ1) is 16.0. The van der Waals surface area contributed by atoms with Gasteiger partial charge < -0.3 is 15.1 Å². The van der Waals surface area contributed by atoms with Crippen LogP contribution in [-0.4, -0.2) is 56.6 Å². The summed E-state index contributed by atoms with van der Waals surface area (Å²) in [6.45, 7) is 3.51. The van der Waals surface area contributed by atoms with Gasteiger partial charge in [0.2, 0.25) is 5.91 Å². The zero-order chi connectivity index (χ0) is 15.3. The highest BCUT2D eigenvalue weighted by Gasteiger charge is 2.42. The van der Waals surface area contributed by atoms with Crippen LogP contribution in [0.15, 0.2) is 18.5 Å². The van der Waals surface area contributed by atoms with Gasteiger partial charge in [-0.15, -0.1) is 0 Å². The lowest BCUT2D eigenvalue weighted by Crippen LogP contribution is -2.55. The van der Waals surface area contributed by atoms with E-state index in [-0.39, 0.29) is 12.5 Å². The monoisotopic (exact) mass is 295 g/mol. The van der Waals surface area contributed by atoms with Crippen molar-refractivity contribution in [2.45, 2.75) is 45.3 Å². The van der Waals surface area contributed by atoms with Crippen molar-refractivity contribution < 1.29 is 15.0 Å². The van der Waals surface area contributed by atoms with Crippen LogP contribution in [0, 0.1) is 5.41 Å². The molecule has 0 spiro atoms. The Balaban J connectivity index is 1.95. The summed E-state index contributed by atoms with van der Waals surface area (Å²) in [5, 5.41) is 24.0. The average Bonchev–Trinajstić information content (AvgIpc) is 3.00. The number of hydrogen-bond acceptors (Lipinski definition) is 4. The van der Waals surface area contributed by atoms with Gasteiger partial charge in [0.15, 0.2) is 0 Å². The summed E-state index contributed by atoms with van der Waals surface area (Å²) in [6.07, 6.45) is 5.54. The maximum absolute atomic E-state index is 12.3. The van der Waals surface area contributed by atoms with Crippen LogP contribution in [-0.2, 0) is 11.3 Å². The average molecular weight is 295 g/mol. The zero-order valence-electron chi connectivity index (χ0n) is 12.6. The van der Waals surface area contributed by atoms with Gasteiger partial charge in [-0.3, -0.25) is 9.48 Å². The zero-order valence-corrected chi connectivity index (χ0v) is 12.6. The standard InChI is InChI=1S/C15H25N3O3/c1-2-6-15(12-19)11-17(9-4-13(15)20)14(21)5-10-18-8-3-7-16-18/h3,7-8,13,19-20H,2,4-6,9-12H2,1H3/t13-,15-/m0/s1. The number of nitrogens with zero attached hydrogens (tertiary/aromatic N) is 3. The predicted octanol–water partition coefficient (Wildman–Crippen LogP) is 0.645. The number of likely N-dealkylation sites (tertiary alicyclic amines) is 1. The molecule has 1 fully saturated rings. The van der Waals surface area contributed by atoms with Gasteiger partial charge >= 0.3 is 0 Å². The fourth-order valence-electron chi connectivity index (χ4n) is 3.14. The molecule has 0 saturated carbocycles. The molecule has 0 radical (unpaired) electrons. The van der Waals surface area contributed by atoms with E-state index in [0.717, 1.165) is 12.8 Å². The van der Waals surface area contributed by atoms with Crippen molar-refractivity contribution >= 4 is 5.91 Å². The Bertz CT molecular complexity index is 449. The summed E-state index contributed by atoms with van der Waals surface area (Å²) < 4.78 is 1.74. The number of carbonyl (C=O) groups is 1. The molecule has 118 valence electrons. The number of aliphatic hydroxyl groups is 2. The van der Waals surface area contributed by atoms with E-state index in [1.807, 2.05) is 19.2 Å². The smallest absolute Gasteiger partial charge is 0.224 e. The topological polar surface area (TPSA) is 78.6 Å². The Kier molecular flexibility index (Phi) is 5.36. The number of carbonyl (C=O) groups excluding carboxylic acids is 1. The van der Waals surface area contributed by atoms with Crippen molar-refractivity contribution in [3.05, 3.63) is 18.5 Å². The summed E-state index contributed by atoms with van der Waals surface area (Å²) in [5.74, 6) is 0.0614. The molecule has 2 heterocycles. The molecule has 1 amide bonds. The van der Waals surface area contributed by atoms with E-state index in [1.54, 1.807) is 15.8 Å². The number of rotatable bonds is 6. The minimum Gasteiger partial charge on any atom is -0.396 e. The molecule has 6 nitrogen and oxygen atoms in total. The van der Waals surface area contributed by atoms with Gasteiger partial charge in [-0.1, -0.05) is 13.3 Å². The minimum atomic E-state index is -0.561. The van der Waals surface area contributed by atoms with Crippen molar-refractivity contribution in [2.24, 2.45) is 5.41 Å². The number of piperidine rings is 1. The van der Waals surface area contributed by atoms with Crippen LogP contribution >= 0.6 is 0 Å². The fraction of sp³-hybridized carbons (Fsp3) is 0.733. The normalized spacial score (nSPS) is 26.0. The first-order valence-electron chi connectivity index (χ1n) is 7.65. The molecule has 21 heavy (non-hydrogen) atoms. The first-order valence-corrected chi connectivity index (χ1v) is 7.65. The molecule has 2 N–H and O–H groups in total. The molecule has 2 rings (SSSR count).